The van der Waals surface area contributed by atoms with E-state index in [1.165, 1.54) is 22.8 Å². The molecule has 1 aliphatic rings. The molecule has 2 heterocycles. The Morgan fingerprint density at radius 3 is 3.12 bits per heavy atom. The molecule has 1 fully saturated rings. The Kier molecular flexibility index (Phi) is 4.61. The molecular weight excluding hydrogens is 238 g/mol. The third-order valence-corrected chi connectivity index (χ3v) is 5.79. The summed E-state index contributed by atoms with van der Waals surface area (Å²) in [4.78, 5) is 0. The number of hydrogen-bond donors (Lipinski definition) is 1. The van der Waals surface area contributed by atoms with Crippen molar-refractivity contribution in [1.29, 1.82) is 0 Å². The zero-order chi connectivity index (χ0) is 11.4. The maximum atomic E-state index is 6.24. The van der Waals surface area contributed by atoms with Gasteiger partial charge in [-0.25, -0.2) is 0 Å². The fraction of sp³-hybridized carbons (Fsp3) is 0.727. The fourth-order valence-electron chi connectivity index (χ4n) is 1.87. The smallest absolute Gasteiger partial charge is 0.0521 e. The second kappa shape index (κ2) is 5.98. The van der Waals surface area contributed by atoms with Crippen molar-refractivity contribution in [2.75, 3.05) is 17.3 Å². The molecule has 2 atom stereocenters. The van der Waals surface area contributed by atoms with Crippen molar-refractivity contribution in [2.24, 2.45) is 12.8 Å². The van der Waals surface area contributed by atoms with E-state index >= 15 is 0 Å². The van der Waals surface area contributed by atoms with Crippen LogP contribution in [0, 0.1) is 0 Å². The molecule has 0 bridgehead atoms. The molecule has 3 nitrogen and oxygen atoms in total. The first-order valence-corrected chi connectivity index (χ1v) is 7.88. The summed E-state index contributed by atoms with van der Waals surface area (Å²) in [5.74, 6) is 3.77. The minimum atomic E-state index is 0.331. The molecule has 0 aliphatic carbocycles. The van der Waals surface area contributed by atoms with Gasteiger partial charge in [0.05, 0.1) is 6.20 Å². The number of aryl methyl sites for hydroxylation is 2. The van der Waals surface area contributed by atoms with Gasteiger partial charge in [0.2, 0.25) is 0 Å². The fourth-order valence-corrected chi connectivity index (χ4v) is 4.74. The van der Waals surface area contributed by atoms with E-state index in [2.05, 4.69) is 11.3 Å². The van der Waals surface area contributed by atoms with Crippen LogP contribution in [0.4, 0.5) is 0 Å². The highest BCUT2D eigenvalue weighted by molar-refractivity contribution is 8.06. The molecule has 0 aromatic carbocycles. The third-order valence-electron chi connectivity index (χ3n) is 2.84. The normalized spacial score (nSPS) is 23.2. The van der Waals surface area contributed by atoms with Gasteiger partial charge in [0.15, 0.2) is 0 Å². The lowest BCUT2D eigenvalue weighted by atomic mass is 10.1. The predicted molar refractivity (Wildman–Crippen MR) is 73.1 cm³/mol. The van der Waals surface area contributed by atoms with Crippen molar-refractivity contribution in [3.63, 3.8) is 0 Å². The molecule has 1 aromatic heterocycles. The van der Waals surface area contributed by atoms with Crippen molar-refractivity contribution >= 4 is 23.5 Å². The van der Waals surface area contributed by atoms with Gasteiger partial charge in [-0.2, -0.15) is 28.6 Å². The molecule has 0 radical (unpaired) electrons. The molecule has 0 saturated carbocycles. The Bertz CT molecular complexity index is 321. The van der Waals surface area contributed by atoms with Crippen LogP contribution in [0.1, 0.15) is 12.0 Å². The van der Waals surface area contributed by atoms with Gasteiger partial charge in [-0.15, -0.1) is 0 Å². The number of thioether (sulfide) groups is 2. The van der Waals surface area contributed by atoms with E-state index in [-0.39, 0.29) is 0 Å². The van der Waals surface area contributed by atoms with E-state index < -0.39 is 0 Å². The standard InChI is InChI=1S/C11H19N3S2/c1-14-7-9(6-13-14)2-3-10(12)11-8-15-4-5-16-11/h6-7,10-11H,2-5,8,12H2,1H3. The molecule has 1 aliphatic heterocycles. The van der Waals surface area contributed by atoms with Gasteiger partial charge < -0.3 is 5.73 Å². The molecule has 90 valence electrons. The summed E-state index contributed by atoms with van der Waals surface area (Å²) in [5.41, 5.74) is 7.54. The molecule has 0 amide bonds. The highest BCUT2D eigenvalue weighted by atomic mass is 32.2. The number of nitrogens with two attached hydrogens (primary N) is 1. The summed E-state index contributed by atoms with van der Waals surface area (Å²) in [6.07, 6.45) is 6.14. The molecule has 2 N–H and O–H groups in total. The monoisotopic (exact) mass is 257 g/mol. The van der Waals surface area contributed by atoms with E-state index in [4.69, 9.17) is 5.73 Å². The second-order valence-corrected chi connectivity index (χ2v) is 6.71. The maximum Gasteiger partial charge on any atom is 0.0521 e. The van der Waals surface area contributed by atoms with E-state index in [0.717, 1.165) is 12.8 Å². The summed E-state index contributed by atoms with van der Waals surface area (Å²) >= 11 is 4.08. The Hall–Kier alpha value is -0.130. The van der Waals surface area contributed by atoms with E-state index in [0.29, 0.717) is 11.3 Å². The summed E-state index contributed by atoms with van der Waals surface area (Å²) in [7, 11) is 1.96. The van der Waals surface area contributed by atoms with E-state index in [1.54, 1.807) is 0 Å². The average molecular weight is 257 g/mol. The number of hydrogen-bond acceptors (Lipinski definition) is 4. The van der Waals surface area contributed by atoms with Crippen LogP contribution in [-0.4, -0.2) is 38.3 Å². The van der Waals surface area contributed by atoms with Gasteiger partial charge >= 0.3 is 0 Å². The summed E-state index contributed by atoms with van der Waals surface area (Å²) in [5, 5.41) is 4.82. The highest BCUT2D eigenvalue weighted by Gasteiger charge is 2.21. The Morgan fingerprint density at radius 1 is 1.62 bits per heavy atom. The molecule has 16 heavy (non-hydrogen) atoms. The van der Waals surface area contributed by atoms with Gasteiger partial charge in [0, 0.05) is 41.8 Å². The van der Waals surface area contributed by atoms with Crippen LogP contribution in [-0.2, 0) is 13.5 Å². The lowest BCUT2D eigenvalue weighted by molar-refractivity contribution is 0.610. The molecule has 1 saturated heterocycles. The summed E-state index contributed by atoms with van der Waals surface area (Å²) in [6, 6.07) is 0.331. The van der Waals surface area contributed by atoms with E-state index in [1.807, 2.05) is 41.5 Å². The molecule has 0 spiro atoms. The Labute approximate surface area is 106 Å². The van der Waals surface area contributed by atoms with Crippen LogP contribution in [0.3, 0.4) is 0 Å². The van der Waals surface area contributed by atoms with Crippen molar-refractivity contribution < 1.29 is 0 Å². The SMILES string of the molecule is Cn1cc(CCC(N)C2CSCCS2)cn1. The molecular formula is C11H19N3S2. The van der Waals surface area contributed by atoms with Gasteiger partial charge in [-0.3, -0.25) is 4.68 Å². The average Bonchev–Trinajstić information content (AvgIpc) is 2.73. The molecule has 2 rings (SSSR count). The molecule has 5 heteroatoms. The lowest BCUT2D eigenvalue weighted by Gasteiger charge is -2.26. The van der Waals surface area contributed by atoms with Crippen LogP contribution in [0.25, 0.3) is 0 Å². The molecule has 1 aromatic rings. The lowest BCUT2D eigenvalue weighted by Crippen LogP contribution is -2.36. The minimum Gasteiger partial charge on any atom is -0.327 e. The van der Waals surface area contributed by atoms with Crippen LogP contribution < -0.4 is 5.73 Å². The Morgan fingerprint density at radius 2 is 2.50 bits per heavy atom. The summed E-state index contributed by atoms with van der Waals surface area (Å²) < 4.78 is 1.85. The number of nitrogens with zero attached hydrogens (tertiary/aromatic N) is 2. The first-order chi connectivity index (χ1) is 7.75. The van der Waals surface area contributed by atoms with Crippen LogP contribution in [0.15, 0.2) is 12.4 Å². The van der Waals surface area contributed by atoms with Crippen molar-refractivity contribution in [3.05, 3.63) is 18.0 Å². The Balaban J connectivity index is 1.76. The predicted octanol–water partition coefficient (Wildman–Crippen LogP) is 1.53. The molecule has 2 unspecified atom stereocenters. The summed E-state index contributed by atoms with van der Waals surface area (Å²) in [6.45, 7) is 0. The third kappa shape index (κ3) is 3.43. The van der Waals surface area contributed by atoms with Crippen molar-refractivity contribution in [1.82, 2.24) is 9.78 Å². The minimum absolute atomic E-state index is 0.331. The van der Waals surface area contributed by atoms with Crippen LogP contribution in [0.2, 0.25) is 0 Å². The van der Waals surface area contributed by atoms with E-state index in [9.17, 15) is 0 Å². The van der Waals surface area contributed by atoms with Gasteiger partial charge in [-0.1, -0.05) is 0 Å². The van der Waals surface area contributed by atoms with Gasteiger partial charge in [-0.05, 0) is 18.4 Å². The zero-order valence-electron chi connectivity index (χ0n) is 9.63. The number of rotatable bonds is 4. The first-order valence-electron chi connectivity index (χ1n) is 5.68. The highest BCUT2D eigenvalue weighted by Crippen LogP contribution is 2.27. The second-order valence-electron chi connectivity index (χ2n) is 4.21. The largest absolute Gasteiger partial charge is 0.327 e. The van der Waals surface area contributed by atoms with Crippen molar-refractivity contribution in [3.8, 4) is 0 Å². The van der Waals surface area contributed by atoms with Crippen LogP contribution in [0.5, 0.6) is 0 Å². The topological polar surface area (TPSA) is 43.8 Å². The van der Waals surface area contributed by atoms with Crippen molar-refractivity contribution in [2.45, 2.75) is 24.1 Å². The first kappa shape index (κ1) is 12.3. The zero-order valence-corrected chi connectivity index (χ0v) is 11.3. The quantitative estimate of drug-likeness (QED) is 0.888. The number of aromatic nitrogens is 2. The maximum absolute atomic E-state index is 6.24. The van der Waals surface area contributed by atoms with Gasteiger partial charge in [0.25, 0.3) is 0 Å². The van der Waals surface area contributed by atoms with Crippen LogP contribution >= 0.6 is 23.5 Å². The van der Waals surface area contributed by atoms with Gasteiger partial charge in [0.1, 0.15) is 0 Å².